The van der Waals surface area contributed by atoms with Crippen LogP contribution in [-0.2, 0) is 0 Å². The minimum absolute atomic E-state index is 0.0564. The second-order valence-electron chi connectivity index (χ2n) is 14.4. The first-order valence-corrected chi connectivity index (χ1v) is 19.6. The van der Waals surface area contributed by atoms with Gasteiger partial charge in [-0.1, -0.05) is 139 Å². The Balaban J connectivity index is 1.15. The normalized spacial score (nSPS) is 12.6. The fourth-order valence-corrected chi connectivity index (χ4v) is 10.3. The van der Waals surface area contributed by atoms with Crippen LogP contribution < -0.4 is 21.3 Å². The van der Waals surface area contributed by atoms with Gasteiger partial charge in [0.05, 0.1) is 22.1 Å². The molecular formula is C49H31BN4S. The summed E-state index contributed by atoms with van der Waals surface area (Å²) < 4.78 is 4.86. The summed E-state index contributed by atoms with van der Waals surface area (Å²) in [4.78, 5) is 10.3. The summed E-state index contributed by atoms with van der Waals surface area (Å²) in [6, 6.07) is 68.2. The summed E-state index contributed by atoms with van der Waals surface area (Å²) in [5.41, 5.74) is 15.4. The lowest BCUT2D eigenvalue weighted by Gasteiger charge is -2.35. The topological polar surface area (TPSA) is 26.0 Å². The van der Waals surface area contributed by atoms with E-state index in [1.165, 1.54) is 64.9 Å². The molecule has 0 fully saturated rings. The molecule has 0 spiro atoms. The number of rotatable bonds is 5. The van der Waals surface area contributed by atoms with Crippen LogP contribution in [0.5, 0.6) is 0 Å². The number of anilines is 3. The molecule has 2 aliphatic rings. The van der Waals surface area contributed by atoms with Crippen molar-refractivity contribution in [3.05, 3.63) is 188 Å². The molecule has 4 heterocycles. The molecule has 2 aliphatic heterocycles. The van der Waals surface area contributed by atoms with Gasteiger partial charge in [-0.05, 0) is 77.7 Å². The Morgan fingerprint density at radius 3 is 1.82 bits per heavy atom. The van der Waals surface area contributed by atoms with Gasteiger partial charge in [0, 0.05) is 54.6 Å². The van der Waals surface area contributed by atoms with Crippen LogP contribution in [0.4, 0.5) is 17.1 Å². The highest BCUT2D eigenvalue weighted by Gasteiger charge is 2.40. The van der Waals surface area contributed by atoms with E-state index in [9.17, 15) is 0 Å². The molecule has 0 radical (unpaired) electrons. The van der Waals surface area contributed by atoms with Crippen molar-refractivity contribution in [2.45, 2.75) is 9.79 Å². The molecule has 2 aromatic heterocycles. The number of para-hydroxylation sites is 5. The highest BCUT2D eigenvalue weighted by atomic mass is 32.2. The molecule has 10 aromatic rings. The average Bonchev–Trinajstić information content (AvgIpc) is 3.80. The molecule has 55 heavy (non-hydrogen) atoms. The van der Waals surface area contributed by atoms with Crippen molar-refractivity contribution >= 4 is 84.8 Å². The van der Waals surface area contributed by atoms with E-state index in [2.05, 4.69) is 202 Å². The first-order valence-electron chi connectivity index (χ1n) is 18.8. The molecule has 6 heteroatoms. The van der Waals surface area contributed by atoms with E-state index >= 15 is 0 Å². The third-order valence-electron chi connectivity index (χ3n) is 11.3. The van der Waals surface area contributed by atoms with Crippen LogP contribution in [0.25, 0.3) is 55.6 Å². The maximum atomic E-state index is 5.36. The molecule has 0 unspecified atom stereocenters. The molecule has 0 atom stereocenters. The van der Waals surface area contributed by atoms with E-state index in [-0.39, 0.29) is 6.71 Å². The quantitative estimate of drug-likeness (QED) is 0.166. The monoisotopic (exact) mass is 718 g/mol. The number of hydrogen-bond acceptors (Lipinski definition) is 3. The van der Waals surface area contributed by atoms with Crippen LogP contribution >= 0.6 is 11.8 Å². The molecule has 8 aromatic carbocycles. The van der Waals surface area contributed by atoms with E-state index < -0.39 is 0 Å². The Morgan fingerprint density at radius 1 is 0.491 bits per heavy atom. The first-order chi connectivity index (χ1) is 27.3. The second kappa shape index (κ2) is 11.9. The zero-order valence-corrected chi connectivity index (χ0v) is 30.5. The fourth-order valence-electron chi connectivity index (χ4n) is 9.08. The lowest BCUT2D eigenvalue weighted by atomic mass is 9.35. The van der Waals surface area contributed by atoms with E-state index in [1.54, 1.807) is 0 Å². The number of fused-ring (bicyclic) bond motifs is 7. The second-order valence-corrected chi connectivity index (χ2v) is 15.4. The van der Waals surface area contributed by atoms with Gasteiger partial charge >= 0.3 is 0 Å². The molecule has 0 saturated heterocycles. The molecular weight excluding hydrogens is 687 g/mol. The average molecular weight is 719 g/mol. The summed E-state index contributed by atoms with van der Waals surface area (Å²) in [5.74, 6) is 0.962. The van der Waals surface area contributed by atoms with Crippen LogP contribution in [-0.4, -0.2) is 20.8 Å². The van der Waals surface area contributed by atoms with E-state index in [1.807, 2.05) is 11.8 Å². The predicted octanol–water partition coefficient (Wildman–Crippen LogP) is 10.6. The summed E-state index contributed by atoms with van der Waals surface area (Å²) in [6.45, 7) is 0.0564. The van der Waals surface area contributed by atoms with Crippen molar-refractivity contribution < 1.29 is 0 Å². The highest BCUT2D eigenvalue weighted by molar-refractivity contribution is 8.00. The third-order valence-corrected chi connectivity index (χ3v) is 12.5. The van der Waals surface area contributed by atoms with Gasteiger partial charge in [0.25, 0.3) is 0 Å². The van der Waals surface area contributed by atoms with Crippen molar-refractivity contribution in [1.82, 2.24) is 14.1 Å². The van der Waals surface area contributed by atoms with Gasteiger partial charge in [0.2, 0.25) is 6.71 Å². The molecule has 0 saturated carbocycles. The van der Waals surface area contributed by atoms with Crippen LogP contribution in [0, 0.1) is 0 Å². The van der Waals surface area contributed by atoms with Gasteiger partial charge in [-0.2, -0.15) is 0 Å². The lowest BCUT2D eigenvalue weighted by molar-refractivity contribution is 1.09. The summed E-state index contributed by atoms with van der Waals surface area (Å²) in [7, 11) is 0. The minimum atomic E-state index is 0.0564. The van der Waals surface area contributed by atoms with E-state index in [4.69, 9.17) is 4.98 Å². The van der Waals surface area contributed by atoms with Crippen LogP contribution in [0.2, 0.25) is 0 Å². The molecule has 0 aliphatic carbocycles. The SMILES string of the molecule is c1ccc(-c2nc3cccc4c3n2-c2cc(N(c3ccccc3)c3ccccc3)cc3c2B4c2ccc(-n4c5ccccc5c5ccccc54)cc2S3)cc1. The summed E-state index contributed by atoms with van der Waals surface area (Å²) in [5, 5.41) is 2.54. The highest BCUT2D eigenvalue weighted by Crippen LogP contribution is 2.43. The predicted molar refractivity (Wildman–Crippen MR) is 231 cm³/mol. The number of benzene rings is 8. The number of aromatic nitrogens is 3. The molecule has 4 nitrogen and oxygen atoms in total. The van der Waals surface area contributed by atoms with Gasteiger partial charge in [0.15, 0.2) is 0 Å². The zero-order valence-electron chi connectivity index (χ0n) is 29.7. The van der Waals surface area contributed by atoms with Gasteiger partial charge in [0.1, 0.15) is 5.82 Å². The maximum Gasteiger partial charge on any atom is 0.249 e. The van der Waals surface area contributed by atoms with Crippen molar-refractivity contribution in [2.75, 3.05) is 4.90 Å². The summed E-state index contributed by atoms with van der Waals surface area (Å²) in [6.07, 6.45) is 0. The van der Waals surface area contributed by atoms with Gasteiger partial charge in [-0.3, -0.25) is 4.57 Å². The Hall–Kier alpha value is -6.76. The Morgan fingerprint density at radius 2 is 1.13 bits per heavy atom. The molecule has 0 bridgehead atoms. The number of imidazole rings is 1. The Bertz CT molecular complexity index is 3040. The smallest absolute Gasteiger partial charge is 0.249 e. The molecule has 256 valence electrons. The van der Waals surface area contributed by atoms with Gasteiger partial charge in [-0.15, -0.1) is 0 Å². The van der Waals surface area contributed by atoms with Crippen molar-refractivity contribution in [2.24, 2.45) is 0 Å². The standard InChI is InChI=1S/C49H31BN4S/c1-4-15-32(16-5-1)49-51-41-24-14-23-40-48(41)54(49)44-29-36(52(33-17-6-2-7-18-33)34-19-8-3-9-20-34)31-46-47(44)50(40)39-28-27-35(30-45(39)55-46)53-42-25-12-10-21-37(42)38-22-11-13-26-43(38)53/h1-31H. The molecule has 0 N–H and O–H groups in total. The van der Waals surface area contributed by atoms with Crippen LogP contribution in [0.3, 0.4) is 0 Å². The van der Waals surface area contributed by atoms with E-state index in [0.717, 1.165) is 34.0 Å². The molecule has 12 rings (SSSR count). The molecule has 0 amide bonds. The third kappa shape index (κ3) is 4.52. The van der Waals surface area contributed by atoms with E-state index in [0.29, 0.717) is 0 Å². The van der Waals surface area contributed by atoms with Crippen molar-refractivity contribution in [3.63, 3.8) is 0 Å². The number of nitrogens with zero attached hydrogens (tertiary/aromatic N) is 4. The minimum Gasteiger partial charge on any atom is -0.310 e. The maximum absolute atomic E-state index is 5.36. The Labute approximate surface area is 323 Å². The van der Waals surface area contributed by atoms with Crippen molar-refractivity contribution in [3.8, 4) is 22.8 Å². The van der Waals surface area contributed by atoms with Crippen LogP contribution in [0.1, 0.15) is 0 Å². The van der Waals surface area contributed by atoms with Crippen molar-refractivity contribution in [1.29, 1.82) is 0 Å². The van der Waals surface area contributed by atoms with Gasteiger partial charge in [-0.25, -0.2) is 4.98 Å². The lowest BCUT2D eigenvalue weighted by Crippen LogP contribution is -2.58. The largest absolute Gasteiger partial charge is 0.310 e. The zero-order chi connectivity index (χ0) is 36.0. The first kappa shape index (κ1) is 30.7. The van der Waals surface area contributed by atoms with Crippen LogP contribution in [0.15, 0.2) is 198 Å². The number of hydrogen-bond donors (Lipinski definition) is 0. The fraction of sp³-hybridized carbons (Fsp3) is 0. The van der Waals surface area contributed by atoms with Gasteiger partial charge < -0.3 is 9.47 Å². The summed E-state index contributed by atoms with van der Waals surface area (Å²) >= 11 is 1.89. The Kier molecular flexibility index (Phi) is 6.62.